The Morgan fingerprint density at radius 2 is 2.31 bits per heavy atom. The summed E-state index contributed by atoms with van der Waals surface area (Å²) in [6, 6.07) is 4.67. The number of aromatic nitrogens is 1. The lowest BCUT2D eigenvalue weighted by Crippen LogP contribution is -1.96. The highest BCUT2D eigenvalue weighted by Gasteiger charge is 2.08. The van der Waals surface area contributed by atoms with Crippen LogP contribution in [0.2, 0.25) is 0 Å². The van der Waals surface area contributed by atoms with Gasteiger partial charge in [-0.25, -0.2) is 9.37 Å². The zero-order valence-electron chi connectivity index (χ0n) is 8.74. The molecule has 5 heteroatoms. The molecule has 0 saturated heterocycles. The van der Waals surface area contributed by atoms with Gasteiger partial charge < -0.3 is 10.2 Å². The lowest BCUT2D eigenvalue weighted by molar-refractivity contribution is 0.454. The predicted octanol–water partition coefficient (Wildman–Crippen LogP) is 3.00. The number of thioether (sulfide) groups is 1. The lowest BCUT2D eigenvalue weighted by atomic mass is 10.2. The number of rotatable bonds is 3. The minimum Gasteiger partial charge on any atom is -0.440 e. The Labute approximate surface area is 96.9 Å². The van der Waals surface area contributed by atoms with E-state index in [0.29, 0.717) is 22.2 Å². The first kappa shape index (κ1) is 11.0. The number of halogens is 1. The average molecular weight is 238 g/mol. The average Bonchev–Trinajstić information content (AvgIpc) is 2.63. The van der Waals surface area contributed by atoms with Crippen LogP contribution in [0.15, 0.2) is 34.1 Å². The second kappa shape index (κ2) is 4.57. The lowest BCUT2D eigenvalue weighted by Gasteiger charge is -2.04. The molecule has 0 radical (unpaired) electrons. The van der Waals surface area contributed by atoms with Crippen molar-refractivity contribution >= 4 is 17.4 Å². The van der Waals surface area contributed by atoms with Crippen LogP contribution in [-0.2, 0) is 5.75 Å². The number of hydrogen-bond acceptors (Lipinski definition) is 4. The number of oxazole rings is 1. The molecule has 0 unspecified atom stereocenters. The van der Waals surface area contributed by atoms with Crippen LogP contribution in [0, 0.1) is 12.7 Å². The normalized spacial score (nSPS) is 10.6. The van der Waals surface area contributed by atoms with Crippen LogP contribution >= 0.6 is 11.8 Å². The predicted molar refractivity (Wildman–Crippen MR) is 61.6 cm³/mol. The van der Waals surface area contributed by atoms with Gasteiger partial charge in [-0.15, -0.1) is 0 Å². The van der Waals surface area contributed by atoms with Crippen molar-refractivity contribution in [3.8, 4) is 0 Å². The van der Waals surface area contributed by atoms with E-state index in [1.54, 1.807) is 18.4 Å². The first-order valence-corrected chi connectivity index (χ1v) is 5.73. The fourth-order valence-electron chi connectivity index (χ4n) is 1.26. The summed E-state index contributed by atoms with van der Waals surface area (Å²) in [6.07, 6.45) is 1.56. The molecule has 2 N–H and O–H groups in total. The number of hydrogen-bond donors (Lipinski definition) is 1. The highest BCUT2D eigenvalue weighted by Crippen LogP contribution is 2.26. The molecule has 0 fully saturated rings. The van der Waals surface area contributed by atoms with Crippen molar-refractivity contribution in [1.29, 1.82) is 0 Å². The van der Waals surface area contributed by atoms with Crippen LogP contribution in [0.4, 0.5) is 10.1 Å². The van der Waals surface area contributed by atoms with E-state index in [9.17, 15) is 4.39 Å². The van der Waals surface area contributed by atoms with E-state index < -0.39 is 0 Å². The Morgan fingerprint density at radius 1 is 1.50 bits per heavy atom. The molecule has 16 heavy (non-hydrogen) atoms. The summed E-state index contributed by atoms with van der Waals surface area (Å²) in [5.41, 5.74) is 7.44. The first-order chi connectivity index (χ1) is 7.66. The Balaban J connectivity index is 2.10. The molecule has 3 nitrogen and oxygen atoms in total. The molecule has 1 aromatic heterocycles. The van der Waals surface area contributed by atoms with E-state index in [4.69, 9.17) is 10.2 Å². The quantitative estimate of drug-likeness (QED) is 0.659. The van der Waals surface area contributed by atoms with Gasteiger partial charge in [-0.1, -0.05) is 17.8 Å². The summed E-state index contributed by atoms with van der Waals surface area (Å²) in [4.78, 5) is 4.12. The van der Waals surface area contributed by atoms with Crippen molar-refractivity contribution in [2.45, 2.75) is 17.9 Å². The van der Waals surface area contributed by atoms with Gasteiger partial charge in [-0.3, -0.25) is 0 Å². The molecule has 84 valence electrons. The van der Waals surface area contributed by atoms with Crippen molar-refractivity contribution in [2.75, 3.05) is 5.73 Å². The van der Waals surface area contributed by atoms with Crippen molar-refractivity contribution < 1.29 is 8.81 Å². The van der Waals surface area contributed by atoms with Gasteiger partial charge in [0.15, 0.2) is 0 Å². The molecule has 0 aliphatic rings. The molecule has 2 rings (SSSR count). The van der Waals surface area contributed by atoms with Crippen LogP contribution in [0.25, 0.3) is 0 Å². The minimum absolute atomic E-state index is 0.296. The van der Waals surface area contributed by atoms with Gasteiger partial charge in [0.25, 0.3) is 5.22 Å². The molecule has 0 aliphatic carbocycles. The van der Waals surface area contributed by atoms with Crippen molar-refractivity contribution in [3.63, 3.8) is 0 Å². The van der Waals surface area contributed by atoms with E-state index in [1.165, 1.54) is 17.8 Å². The smallest absolute Gasteiger partial charge is 0.256 e. The molecular formula is C11H11FN2OS. The summed E-state index contributed by atoms with van der Waals surface area (Å²) in [5, 5.41) is 0.528. The highest BCUT2D eigenvalue weighted by atomic mass is 32.2. The number of anilines is 1. The Hall–Kier alpha value is -1.49. The molecule has 0 amide bonds. The SMILES string of the molecule is Cc1coc(SCc2c(N)cccc2F)n1. The standard InChI is InChI=1S/C11H11FN2OS/c1-7-5-15-11(14-7)16-6-8-9(12)3-2-4-10(8)13/h2-5H,6,13H2,1H3. The second-order valence-electron chi connectivity index (χ2n) is 3.35. The minimum atomic E-state index is -0.296. The second-order valence-corrected chi connectivity index (χ2v) is 4.28. The fourth-order valence-corrected chi connectivity index (χ4v) is 2.16. The van der Waals surface area contributed by atoms with Gasteiger partial charge in [0.05, 0.1) is 5.69 Å². The van der Waals surface area contributed by atoms with E-state index in [0.717, 1.165) is 5.69 Å². The van der Waals surface area contributed by atoms with Gasteiger partial charge in [0, 0.05) is 17.0 Å². The molecule has 0 spiro atoms. The third-order valence-electron chi connectivity index (χ3n) is 2.09. The molecule has 2 aromatic rings. The van der Waals surface area contributed by atoms with Crippen molar-refractivity contribution in [3.05, 3.63) is 41.5 Å². The molecule has 0 atom stereocenters. The number of aryl methyl sites for hydroxylation is 1. The Kier molecular flexibility index (Phi) is 3.14. The maximum absolute atomic E-state index is 13.4. The monoisotopic (exact) mass is 238 g/mol. The van der Waals surface area contributed by atoms with E-state index in [-0.39, 0.29) is 5.82 Å². The summed E-state index contributed by atoms with van der Waals surface area (Å²) in [7, 11) is 0. The molecule has 0 aliphatic heterocycles. The fraction of sp³-hybridized carbons (Fsp3) is 0.182. The van der Waals surface area contributed by atoms with Gasteiger partial charge >= 0.3 is 0 Å². The van der Waals surface area contributed by atoms with E-state index >= 15 is 0 Å². The van der Waals surface area contributed by atoms with E-state index in [1.807, 2.05) is 6.92 Å². The van der Waals surface area contributed by atoms with Gasteiger partial charge in [0.2, 0.25) is 0 Å². The van der Waals surface area contributed by atoms with Crippen LogP contribution in [0.1, 0.15) is 11.3 Å². The summed E-state index contributed by atoms with van der Waals surface area (Å²) >= 11 is 1.32. The molecule has 1 aromatic carbocycles. The topological polar surface area (TPSA) is 52.0 Å². The number of nitrogen functional groups attached to an aromatic ring is 1. The number of nitrogens with zero attached hydrogens (tertiary/aromatic N) is 1. The summed E-state index contributed by atoms with van der Waals surface area (Å²) in [6.45, 7) is 1.84. The molecular weight excluding hydrogens is 227 g/mol. The molecule has 1 heterocycles. The van der Waals surface area contributed by atoms with Crippen LogP contribution in [-0.4, -0.2) is 4.98 Å². The number of nitrogens with two attached hydrogens (primary N) is 1. The zero-order chi connectivity index (χ0) is 11.5. The van der Waals surface area contributed by atoms with Gasteiger partial charge in [-0.2, -0.15) is 0 Å². The molecule has 0 bridgehead atoms. The Morgan fingerprint density at radius 3 is 2.94 bits per heavy atom. The van der Waals surface area contributed by atoms with Crippen molar-refractivity contribution in [2.24, 2.45) is 0 Å². The van der Waals surface area contributed by atoms with Gasteiger partial charge in [-0.05, 0) is 19.1 Å². The third kappa shape index (κ3) is 2.36. The largest absolute Gasteiger partial charge is 0.440 e. The summed E-state index contributed by atoms with van der Waals surface area (Å²) < 4.78 is 18.6. The van der Waals surface area contributed by atoms with Crippen LogP contribution in [0.3, 0.4) is 0 Å². The maximum Gasteiger partial charge on any atom is 0.256 e. The van der Waals surface area contributed by atoms with Crippen LogP contribution < -0.4 is 5.73 Å². The maximum atomic E-state index is 13.4. The number of benzene rings is 1. The molecule has 0 saturated carbocycles. The van der Waals surface area contributed by atoms with Crippen molar-refractivity contribution in [1.82, 2.24) is 4.98 Å². The van der Waals surface area contributed by atoms with E-state index in [2.05, 4.69) is 4.98 Å². The first-order valence-electron chi connectivity index (χ1n) is 4.74. The van der Waals surface area contributed by atoms with Gasteiger partial charge in [0.1, 0.15) is 12.1 Å². The highest BCUT2D eigenvalue weighted by molar-refractivity contribution is 7.98. The third-order valence-corrected chi connectivity index (χ3v) is 2.96. The zero-order valence-corrected chi connectivity index (χ0v) is 9.55. The Bertz CT molecular complexity index is 478. The van der Waals surface area contributed by atoms with Crippen LogP contribution in [0.5, 0.6) is 0 Å². The summed E-state index contributed by atoms with van der Waals surface area (Å²) in [5.74, 6) is 0.120.